The standard InChI is InChI=1S/C18H16FN3O2/c19-15-5-3-14(4-6-15)16-12-22-18(24-16)8-7-17(23)21-11-13-2-1-9-20-10-13/h1-6,9-10,12H,7-8,11H2,(H,21,23). The molecular weight excluding hydrogens is 309 g/mol. The largest absolute Gasteiger partial charge is 0.441 e. The molecule has 122 valence electrons. The number of aromatic nitrogens is 2. The zero-order chi connectivity index (χ0) is 16.8. The predicted molar refractivity (Wildman–Crippen MR) is 86.3 cm³/mol. The first kappa shape index (κ1) is 15.9. The summed E-state index contributed by atoms with van der Waals surface area (Å²) in [7, 11) is 0. The highest BCUT2D eigenvalue weighted by Gasteiger charge is 2.09. The van der Waals surface area contributed by atoms with Crippen LogP contribution in [0.2, 0.25) is 0 Å². The van der Waals surface area contributed by atoms with Crippen LogP contribution in [0.3, 0.4) is 0 Å². The van der Waals surface area contributed by atoms with Crippen molar-refractivity contribution in [1.82, 2.24) is 15.3 Å². The maximum atomic E-state index is 12.9. The molecular formula is C18H16FN3O2. The molecule has 0 atom stereocenters. The molecule has 0 fully saturated rings. The van der Waals surface area contributed by atoms with Gasteiger partial charge in [0.1, 0.15) is 5.82 Å². The summed E-state index contributed by atoms with van der Waals surface area (Å²) < 4.78 is 18.5. The molecule has 1 amide bonds. The number of aryl methyl sites for hydroxylation is 1. The summed E-state index contributed by atoms with van der Waals surface area (Å²) in [6, 6.07) is 9.70. The van der Waals surface area contributed by atoms with E-state index in [1.54, 1.807) is 30.7 Å². The Hall–Kier alpha value is -3.02. The van der Waals surface area contributed by atoms with Gasteiger partial charge in [-0.1, -0.05) is 6.07 Å². The number of nitrogens with zero attached hydrogens (tertiary/aromatic N) is 2. The summed E-state index contributed by atoms with van der Waals surface area (Å²) in [5.41, 5.74) is 1.69. The molecule has 0 radical (unpaired) electrons. The third-order valence-corrected chi connectivity index (χ3v) is 3.46. The fourth-order valence-electron chi connectivity index (χ4n) is 2.19. The third kappa shape index (κ3) is 4.25. The van der Waals surface area contributed by atoms with Crippen LogP contribution in [0.1, 0.15) is 17.9 Å². The predicted octanol–water partition coefficient (Wildman–Crippen LogP) is 3.12. The van der Waals surface area contributed by atoms with Gasteiger partial charge in [0.25, 0.3) is 0 Å². The lowest BCUT2D eigenvalue weighted by Crippen LogP contribution is -2.23. The van der Waals surface area contributed by atoms with Crippen molar-refractivity contribution in [3.8, 4) is 11.3 Å². The number of halogens is 1. The Morgan fingerprint density at radius 2 is 2.00 bits per heavy atom. The molecule has 0 aliphatic heterocycles. The molecule has 1 aromatic carbocycles. The molecule has 3 aromatic rings. The molecule has 0 saturated heterocycles. The minimum atomic E-state index is -0.302. The number of carbonyl (C=O) groups is 1. The Morgan fingerprint density at radius 3 is 2.75 bits per heavy atom. The number of nitrogens with one attached hydrogen (secondary N) is 1. The third-order valence-electron chi connectivity index (χ3n) is 3.46. The lowest BCUT2D eigenvalue weighted by atomic mass is 10.2. The van der Waals surface area contributed by atoms with E-state index in [1.165, 1.54) is 12.1 Å². The van der Waals surface area contributed by atoms with Crippen LogP contribution in [0.5, 0.6) is 0 Å². The summed E-state index contributed by atoms with van der Waals surface area (Å²) in [4.78, 5) is 20.0. The van der Waals surface area contributed by atoms with E-state index in [2.05, 4.69) is 15.3 Å². The van der Waals surface area contributed by atoms with Crippen LogP contribution < -0.4 is 5.32 Å². The number of benzene rings is 1. The molecule has 24 heavy (non-hydrogen) atoms. The molecule has 0 aliphatic carbocycles. The number of hydrogen-bond acceptors (Lipinski definition) is 4. The molecule has 1 N–H and O–H groups in total. The zero-order valence-corrected chi connectivity index (χ0v) is 12.9. The first-order valence-electron chi connectivity index (χ1n) is 7.57. The van der Waals surface area contributed by atoms with Gasteiger partial charge in [0.15, 0.2) is 11.7 Å². The first-order valence-corrected chi connectivity index (χ1v) is 7.57. The number of oxazole rings is 1. The van der Waals surface area contributed by atoms with Crippen LogP contribution in [-0.2, 0) is 17.8 Å². The van der Waals surface area contributed by atoms with Gasteiger partial charge in [0.2, 0.25) is 5.91 Å². The minimum absolute atomic E-state index is 0.0830. The molecule has 2 aromatic heterocycles. The van der Waals surface area contributed by atoms with Crippen molar-refractivity contribution in [1.29, 1.82) is 0 Å². The number of amides is 1. The van der Waals surface area contributed by atoms with Gasteiger partial charge in [0.05, 0.1) is 6.20 Å². The van der Waals surface area contributed by atoms with Crippen LogP contribution in [0, 0.1) is 5.82 Å². The van der Waals surface area contributed by atoms with E-state index in [0.717, 1.165) is 11.1 Å². The fourth-order valence-corrected chi connectivity index (χ4v) is 2.19. The second kappa shape index (κ2) is 7.50. The van der Waals surface area contributed by atoms with E-state index >= 15 is 0 Å². The van der Waals surface area contributed by atoms with Gasteiger partial charge in [-0.15, -0.1) is 0 Å². The van der Waals surface area contributed by atoms with Gasteiger partial charge in [0, 0.05) is 37.3 Å². The molecule has 6 heteroatoms. The highest BCUT2D eigenvalue weighted by Crippen LogP contribution is 2.21. The number of rotatable bonds is 6. The van der Waals surface area contributed by atoms with Crippen LogP contribution >= 0.6 is 0 Å². The minimum Gasteiger partial charge on any atom is -0.441 e. The quantitative estimate of drug-likeness (QED) is 0.756. The van der Waals surface area contributed by atoms with Gasteiger partial charge >= 0.3 is 0 Å². The van der Waals surface area contributed by atoms with Crippen molar-refractivity contribution in [2.45, 2.75) is 19.4 Å². The Morgan fingerprint density at radius 1 is 1.17 bits per heavy atom. The zero-order valence-electron chi connectivity index (χ0n) is 12.9. The first-order chi connectivity index (χ1) is 11.7. The van der Waals surface area contributed by atoms with Gasteiger partial charge in [-0.05, 0) is 35.9 Å². The Labute approximate surface area is 138 Å². The molecule has 0 bridgehead atoms. The van der Waals surface area contributed by atoms with Crippen molar-refractivity contribution in [2.24, 2.45) is 0 Å². The summed E-state index contributed by atoms with van der Waals surface area (Å²) in [5.74, 6) is 0.649. The number of carbonyl (C=O) groups excluding carboxylic acids is 1. The monoisotopic (exact) mass is 325 g/mol. The average molecular weight is 325 g/mol. The maximum absolute atomic E-state index is 12.9. The highest BCUT2D eigenvalue weighted by atomic mass is 19.1. The fraction of sp³-hybridized carbons (Fsp3) is 0.167. The van der Waals surface area contributed by atoms with E-state index in [0.29, 0.717) is 24.6 Å². The second-order valence-corrected chi connectivity index (χ2v) is 5.26. The van der Waals surface area contributed by atoms with E-state index in [-0.39, 0.29) is 18.1 Å². The molecule has 0 aliphatic rings. The molecule has 0 spiro atoms. The van der Waals surface area contributed by atoms with Gasteiger partial charge in [-0.3, -0.25) is 9.78 Å². The van der Waals surface area contributed by atoms with Crippen molar-refractivity contribution in [2.75, 3.05) is 0 Å². The van der Waals surface area contributed by atoms with Gasteiger partial charge < -0.3 is 9.73 Å². The van der Waals surface area contributed by atoms with Gasteiger partial charge in [-0.2, -0.15) is 0 Å². The van der Waals surface area contributed by atoms with E-state index in [4.69, 9.17) is 4.42 Å². The van der Waals surface area contributed by atoms with Gasteiger partial charge in [-0.25, -0.2) is 9.37 Å². The molecule has 0 unspecified atom stereocenters. The smallest absolute Gasteiger partial charge is 0.220 e. The maximum Gasteiger partial charge on any atom is 0.220 e. The van der Waals surface area contributed by atoms with Crippen LogP contribution in [0.25, 0.3) is 11.3 Å². The average Bonchev–Trinajstić information content (AvgIpc) is 3.09. The summed E-state index contributed by atoms with van der Waals surface area (Å²) in [6.45, 7) is 0.444. The van der Waals surface area contributed by atoms with E-state index in [9.17, 15) is 9.18 Å². The molecule has 5 nitrogen and oxygen atoms in total. The highest BCUT2D eigenvalue weighted by molar-refractivity contribution is 5.76. The lowest BCUT2D eigenvalue weighted by molar-refractivity contribution is -0.121. The molecule has 3 rings (SSSR count). The second-order valence-electron chi connectivity index (χ2n) is 5.26. The van der Waals surface area contributed by atoms with Crippen LogP contribution in [0.15, 0.2) is 59.4 Å². The topological polar surface area (TPSA) is 68.0 Å². The van der Waals surface area contributed by atoms with Crippen molar-refractivity contribution >= 4 is 5.91 Å². The number of pyridine rings is 1. The SMILES string of the molecule is O=C(CCc1ncc(-c2ccc(F)cc2)o1)NCc1cccnc1. The van der Waals surface area contributed by atoms with Crippen LogP contribution in [-0.4, -0.2) is 15.9 Å². The Balaban J connectivity index is 1.50. The number of hydrogen-bond donors (Lipinski definition) is 1. The van der Waals surface area contributed by atoms with E-state index < -0.39 is 0 Å². The van der Waals surface area contributed by atoms with Crippen molar-refractivity contribution < 1.29 is 13.6 Å². The lowest BCUT2D eigenvalue weighted by Gasteiger charge is -2.03. The van der Waals surface area contributed by atoms with E-state index in [1.807, 2.05) is 12.1 Å². The Kier molecular flexibility index (Phi) is 4.96. The summed E-state index contributed by atoms with van der Waals surface area (Å²) >= 11 is 0. The van der Waals surface area contributed by atoms with Crippen LogP contribution in [0.4, 0.5) is 4.39 Å². The van der Waals surface area contributed by atoms with Crippen molar-refractivity contribution in [3.63, 3.8) is 0 Å². The Bertz CT molecular complexity index is 801. The molecule has 2 heterocycles. The normalized spacial score (nSPS) is 10.5. The van der Waals surface area contributed by atoms with Crippen molar-refractivity contribution in [3.05, 3.63) is 72.3 Å². The summed E-state index contributed by atoms with van der Waals surface area (Å²) in [5, 5.41) is 2.82. The molecule has 0 saturated carbocycles. The summed E-state index contributed by atoms with van der Waals surface area (Å²) in [6.07, 6.45) is 5.66.